The third-order valence-corrected chi connectivity index (χ3v) is 4.68. The van der Waals surface area contributed by atoms with E-state index in [4.69, 9.17) is 37.4 Å². The first kappa shape index (κ1) is 22.8. The van der Waals surface area contributed by atoms with Crippen LogP contribution in [0, 0.1) is 0 Å². The minimum absolute atomic E-state index is 0.00721. The molecule has 0 aliphatic rings. The molecule has 2 aromatic rings. The molecule has 0 saturated heterocycles. The summed E-state index contributed by atoms with van der Waals surface area (Å²) in [6.45, 7) is 2.22. The third kappa shape index (κ3) is 6.02. The van der Waals surface area contributed by atoms with Gasteiger partial charge in [-0.25, -0.2) is 0 Å². The van der Waals surface area contributed by atoms with E-state index >= 15 is 0 Å². The van der Waals surface area contributed by atoms with Gasteiger partial charge in [-0.3, -0.25) is 9.59 Å². The number of ether oxygens (including phenoxy) is 3. The number of ketones is 1. The Bertz CT molecular complexity index is 886. The summed E-state index contributed by atoms with van der Waals surface area (Å²) in [5, 5.41) is 3.63. The average molecular weight is 440 g/mol. The molecule has 0 unspecified atom stereocenters. The maximum absolute atomic E-state index is 13.0. The van der Waals surface area contributed by atoms with E-state index in [9.17, 15) is 9.59 Å². The van der Waals surface area contributed by atoms with Crippen LogP contribution >= 0.6 is 23.2 Å². The Kier molecular flexibility index (Phi) is 8.61. The average Bonchev–Trinajstić information content (AvgIpc) is 2.72. The maximum Gasteiger partial charge on any atom is 0.257 e. The van der Waals surface area contributed by atoms with Crippen molar-refractivity contribution in [2.75, 3.05) is 27.4 Å². The number of Topliss-reactive ketones (excluding diaryl/α,β-unsaturated/α-hetero) is 1. The topological polar surface area (TPSA) is 73.9 Å². The van der Waals surface area contributed by atoms with E-state index in [1.54, 1.807) is 30.3 Å². The van der Waals surface area contributed by atoms with E-state index in [2.05, 4.69) is 5.32 Å². The number of carbonyl (C=O) groups excluding carboxylic acids is 2. The highest BCUT2D eigenvalue weighted by atomic mass is 35.5. The zero-order valence-corrected chi connectivity index (χ0v) is 18.0. The Hall–Kier alpha value is -2.44. The molecule has 0 aliphatic carbocycles. The summed E-state index contributed by atoms with van der Waals surface area (Å²) < 4.78 is 16.3. The summed E-state index contributed by atoms with van der Waals surface area (Å²) in [7, 11) is 2.91. The van der Waals surface area contributed by atoms with Crippen LogP contribution in [0.25, 0.3) is 0 Å². The lowest BCUT2D eigenvalue weighted by molar-refractivity contribution is -0.123. The lowest BCUT2D eigenvalue weighted by Gasteiger charge is -2.17. The molecule has 0 radical (unpaired) electrons. The van der Waals surface area contributed by atoms with E-state index in [1.165, 1.54) is 14.2 Å². The quantitative estimate of drug-likeness (QED) is 0.557. The highest BCUT2D eigenvalue weighted by Crippen LogP contribution is 2.40. The Morgan fingerprint density at radius 1 is 1.03 bits per heavy atom. The molecule has 0 saturated carbocycles. The normalized spacial score (nSPS) is 10.4. The van der Waals surface area contributed by atoms with E-state index in [1.807, 2.05) is 6.92 Å². The largest absolute Gasteiger partial charge is 0.493 e. The van der Waals surface area contributed by atoms with Crippen molar-refractivity contribution in [2.24, 2.45) is 0 Å². The van der Waals surface area contributed by atoms with Crippen LogP contribution in [0.5, 0.6) is 17.2 Å². The second kappa shape index (κ2) is 10.9. The van der Waals surface area contributed by atoms with Gasteiger partial charge in [-0.1, -0.05) is 30.1 Å². The van der Waals surface area contributed by atoms with Crippen molar-refractivity contribution in [2.45, 2.75) is 19.8 Å². The summed E-state index contributed by atoms with van der Waals surface area (Å²) >= 11 is 12.2. The molecule has 29 heavy (non-hydrogen) atoms. The molecule has 2 rings (SSSR count). The van der Waals surface area contributed by atoms with E-state index in [-0.39, 0.29) is 41.8 Å². The molecule has 1 N–H and O–H groups in total. The lowest BCUT2D eigenvalue weighted by Crippen LogP contribution is -2.29. The fourth-order valence-electron chi connectivity index (χ4n) is 2.66. The van der Waals surface area contributed by atoms with Crippen LogP contribution < -0.4 is 19.5 Å². The minimum Gasteiger partial charge on any atom is -0.493 e. The number of rotatable bonds is 10. The van der Waals surface area contributed by atoms with Crippen LogP contribution in [-0.2, 0) is 11.2 Å². The summed E-state index contributed by atoms with van der Waals surface area (Å²) in [6.07, 6.45) is 0.811. The van der Waals surface area contributed by atoms with Crippen LogP contribution in [-0.4, -0.2) is 39.1 Å². The van der Waals surface area contributed by atoms with Crippen LogP contribution in [0.3, 0.4) is 0 Å². The van der Waals surface area contributed by atoms with E-state index in [0.29, 0.717) is 27.9 Å². The number of benzene rings is 2. The molecular formula is C21H23Cl2NO5. The number of hydrogen-bond donors (Lipinski definition) is 1. The Balaban J connectivity index is 2.35. The van der Waals surface area contributed by atoms with Crippen molar-refractivity contribution in [1.82, 2.24) is 5.32 Å². The standard InChI is InChI=1S/C21H23Cl2NO5/c1-4-9-24-19(26)12-29-20-15(6-8-18(27-2)21(20)28-3)17(25)11-13-10-14(22)5-7-16(13)23/h5-8,10H,4,9,11-12H2,1-3H3,(H,24,26). The van der Waals surface area contributed by atoms with Crippen molar-refractivity contribution in [3.05, 3.63) is 51.5 Å². The van der Waals surface area contributed by atoms with Gasteiger partial charge in [-0.15, -0.1) is 0 Å². The molecule has 6 nitrogen and oxygen atoms in total. The van der Waals surface area contributed by atoms with E-state index in [0.717, 1.165) is 6.42 Å². The number of halogens is 2. The van der Waals surface area contributed by atoms with Gasteiger partial charge in [0, 0.05) is 23.0 Å². The minimum atomic E-state index is -0.298. The van der Waals surface area contributed by atoms with Crippen molar-refractivity contribution in [3.63, 3.8) is 0 Å². The van der Waals surface area contributed by atoms with E-state index < -0.39 is 0 Å². The number of carbonyl (C=O) groups is 2. The first-order chi connectivity index (χ1) is 13.9. The van der Waals surface area contributed by atoms with Gasteiger partial charge < -0.3 is 19.5 Å². The Morgan fingerprint density at radius 2 is 1.79 bits per heavy atom. The Labute approximate surface area is 180 Å². The monoisotopic (exact) mass is 439 g/mol. The van der Waals surface area contributed by atoms with Crippen molar-refractivity contribution < 1.29 is 23.8 Å². The van der Waals surface area contributed by atoms with Crippen molar-refractivity contribution in [3.8, 4) is 17.2 Å². The molecule has 0 bridgehead atoms. The predicted molar refractivity (Wildman–Crippen MR) is 113 cm³/mol. The lowest BCUT2D eigenvalue weighted by atomic mass is 10.0. The predicted octanol–water partition coefficient (Wildman–Crippen LogP) is 4.34. The summed E-state index contributed by atoms with van der Waals surface area (Å²) in [4.78, 5) is 25.0. The molecule has 2 aromatic carbocycles. The van der Waals surface area contributed by atoms with Gasteiger partial charge in [0.15, 0.2) is 23.9 Å². The molecule has 156 valence electrons. The first-order valence-corrected chi connectivity index (χ1v) is 9.78. The number of nitrogens with one attached hydrogen (secondary N) is 1. The molecule has 0 heterocycles. The SMILES string of the molecule is CCCNC(=O)COc1c(C(=O)Cc2cc(Cl)ccc2Cl)ccc(OC)c1OC. The van der Waals surface area contributed by atoms with Gasteiger partial charge in [-0.05, 0) is 42.3 Å². The molecule has 0 atom stereocenters. The highest BCUT2D eigenvalue weighted by Gasteiger charge is 2.23. The van der Waals surface area contributed by atoms with Gasteiger partial charge in [0.25, 0.3) is 5.91 Å². The Morgan fingerprint density at radius 3 is 2.45 bits per heavy atom. The molecular weight excluding hydrogens is 417 g/mol. The van der Waals surface area contributed by atoms with Gasteiger partial charge in [-0.2, -0.15) is 0 Å². The molecule has 0 aromatic heterocycles. The van der Waals surface area contributed by atoms with Crippen LogP contribution in [0.15, 0.2) is 30.3 Å². The summed E-state index contributed by atoms with van der Waals surface area (Å²) in [6, 6.07) is 8.10. The van der Waals surface area contributed by atoms with Gasteiger partial charge >= 0.3 is 0 Å². The molecule has 0 fully saturated rings. The van der Waals surface area contributed by atoms with Crippen molar-refractivity contribution >= 4 is 34.9 Å². The molecule has 0 spiro atoms. The smallest absolute Gasteiger partial charge is 0.257 e. The number of methoxy groups -OCH3 is 2. The summed E-state index contributed by atoms with van der Waals surface area (Å²) in [5.41, 5.74) is 0.840. The fourth-order valence-corrected chi connectivity index (χ4v) is 3.04. The third-order valence-electron chi connectivity index (χ3n) is 4.08. The van der Waals surface area contributed by atoms with Crippen LogP contribution in [0.2, 0.25) is 10.0 Å². The van der Waals surface area contributed by atoms with Gasteiger partial charge in [0.1, 0.15) is 0 Å². The molecule has 0 aliphatic heterocycles. The summed E-state index contributed by atoms with van der Waals surface area (Å²) in [5.74, 6) is 0.196. The molecule has 8 heteroatoms. The second-order valence-corrected chi connectivity index (χ2v) is 7.00. The van der Waals surface area contributed by atoms with Gasteiger partial charge in [0.05, 0.1) is 19.8 Å². The maximum atomic E-state index is 13.0. The fraction of sp³-hybridized carbons (Fsp3) is 0.333. The van der Waals surface area contributed by atoms with Crippen LogP contribution in [0.4, 0.5) is 0 Å². The molecule has 1 amide bonds. The number of amides is 1. The van der Waals surface area contributed by atoms with Crippen molar-refractivity contribution in [1.29, 1.82) is 0 Å². The zero-order chi connectivity index (χ0) is 21.4. The first-order valence-electron chi connectivity index (χ1n) is 9.02. The zero-order valence-electron chi connectivity index (χ0n) is 16.5. The number of hydrogen-bond acceptors (Lipinski definition) is 5. The van der Waals surface area contributed by atoms with Gasteiger partial charge in [0.2, 0.25) is 5.75 Å². The van der Waals surface area contributed by atoms with Crippen LogP contribution in [0.1, 0.15) is 29.3 Å². The highest BCUT2D eigenvalue weighted by molar-refractivity contribution is 6.33. The second-order valence-electron chi connectivity index (χ2n) is 6.15.